The van der Waals surface area contributed by atoms with Crippen LogP contribution in [0.25, 0.3) is 11.4 Å². The summed E-state index contributed by atoms with van der Waals surface area (Å²) in [5, 5.41) is 0. The van der Waals surface area contributed by atoms with Crippen molar-refractivity contribution in [1.29, 1.82) is 0 Å². The van der Waals surface area contributed by atoms with Crippen LogP contribution in [0.1, 0.15) is 30.1 Å². The molecule has 0 aliphatic carbocycles. The second-order valence-electron chi connectivity index (χ2n) is 6.93. The first kappa shape index (κ1) is 17.5. The van der Waals surface area contributed by atoms with Crippen molar-refractivity contribution in [3.05, 3.63) is 82.3 Å². The lowest BCUT2D eigenvalue weighted by Crippen LogP contribution is -2.35. The second kappa shape index (κ2) is 7.80. The quantitative estimate of drug-likeness (QED) is 0.771. The number of hydrogen-bond donors (Lipinski definition) is 1. The lowest BCUT2D eigenvalue weighted by Gasteiger charge is -2.32. The Labute approximate surface area is 156 Å². The number of piperidine rings is 1. The molecule has 2 aromatic heterocycles. The van der Waals surface area contributed by atoms with E-state index in [-0.39, 0.29) is 17.3 Å². The molecule has 0 amide bonds. The molecule has 4 rings (SSSR count). The molecule has 0 bridgehead atoms. The van der Waals surface area contributed by atoms with Gasteiger partial charge in [-0.25, -0.2) is 9.37 Å². The lowest BCUT2D eigenvalue weighted by atomic mass is 9.96. The molecule has 6 heteroatoms. The Balaban J connectivity index is 1.53. The molecule has 1 atom stereocenters. The second-order valence-corrected chi connectivity index (χ2v) is 6.93. The van der Waals surface area contributed by atoms with Crippen molar-refractivity contribution in [2.24, 2.45) is 0 Å². The summed E-state index contributed by atoms with van der Waals surface area (Å²) >= 11 is 0. The minimum absolute atomic E-state index is 0.156. The van der Waals surface area contributed by atoms with E-state index in [9.17, 15) is 9.18 Å². The van der Waals surface area contributed by atoms with E-state index in [4.69, 9.17) is 0 Å². The fraction of sp³-hybridized carbons (Fsp3) is 0.286. The molecule has 0 spiro atoms. The van der Waals surface area contributed by atoms with Gasteiger partial charge in [0.1, 0.15) is 11.6 Å². The molecule has 0 unspecified atom stereocenters. The summed E-state index contributed by atoms with van der Waals surface area (Å²) in [6.45, 7) is 2.56. The minimum Gasteiger partial charge on any atom is -0.310 e. The maximum atomic E-state index is 13.1. The van der Waals surface area contributed by atoms with E-state index < -0.39 is 0 Å². The Bertz CT molecular complexity index is 956. The zero-order valence-electron chi connectivity index (χ0n) is 14.9. The van der Waals surface area contributed by atoms with E-state index >= 15 is 0 Å². The zero-order chi connectivity index (χ0) is 18.6. The summed E-state index contributed by atoms with van der Waals surface area (Å²) in [6, 6.07) is 13.7. The van der Waals surface area contributed by atoms with Crippen molar-refractivity contribution in [2.75, 3.05) is 13.1 Å². The van der Waals surface area contributed by atoms with E-state index in [1.54, 1.807) is 6.20 Å². The molecule has 1 aliphatic rings. The topological polar surface area (TPSA) is 61.9 Å². The molecule has 1 aromatic carbocycles. The average molecular weight is 364 g/mol. The Morgan fingerprint density at radius 2 is 2.00 bits per heavy atom. The van der Waals surface area contributed by atoms with Crippen molar-refractivity contribution in [2.45, 2.75) is 25.3 Å². The molecular formula is C21H21FN4O. The Hall–Kier alpha value is -2.86. The summed E-state index contributed by atoms with van der Waals surface area (Å²) in [7, 11) is 0. The van der Waals surface area contributed by atoms with Crippen LogP contribution in [-0.4, -0.2) is 32.9 Å². The van der Waals surface area contributed by atoms with Gasteiger partial charge in [-0.3, -0.25) is 14.7 Å². The van der Waals surface area contributed by atoms with Crippen LogP contribution < -0.4 is 5.56 Å². The fourth-order valence-electron chi connectivity index (χ4n) is 3.59. The largest absolute Gasteiger partial charge is 0.310 e. The van der Waals surface area contributed by atoms with Gasteiger partial charge in [0.2, 0.25) is 0 Å². The third-order valence-corrected chi connectivity index (χ3v) is 4.90. The smallest absolute Gasteiger partial charge is 0.251 e. The number of pyridine rings is 1. The van der Waals surface area contributed by atoms with Crippen molar-refractivity contribution < 1.29 is 4.39 Å². The molecule has 1 N–H and O–H groups in total. The highest BCUT2D eigenvalue weighted by atomic mass is 19.1. The highest BCUT2D eigenvalue weighted by Gasteiger charge is 2.24. The number of rotatable bonds is 4. The molecule has 3 aromatic rings. The molecule has 0 saturated carbocycles. The first-order valence-corrected chi connectivity index (χ1v) is 9.17. The van der Waals surface area contributed by atoms with Crippen LogP contribution in [0.3, 0.4) is 0 Å². The molecule has 0 radical (unpaired) electrons. The fourth-order valence-corrected chi connectivity index (χ4v) is 3.59. The highest BCUT2D eigenvalue weighted by molar-refractivity contribution is 5.52. The van der Waals surface area contributed by atoms with Crippen LogP contribution in [0.4, 0.5) is 4.39 Å². The summed E-state index contributed by atoms with van der Waals surface area (Å²) in [4.78, 5) is 26.4. The highest BCUT2D eigenvalue weighted by Crippen LogP contribution is 2.26. The van der Waals surface area contributed by atoms with E-state index in [1.165, 1.54) is 18.2 Å². The van der Waals surface area contributed by atoms with Crippen molar-refractivity contribution in [1.82, 2.24) is 19.9 Å². The maximum Gasteiger partial charge on any atom is 0.251 e. The number of H-pyrrole nitrogens is 1. The zero-order valence-corrected chi connectivity index (χ0v) is 14.9. The van der Waals surface area contributed by atoms with Gasteiger partial charge in [-0.2, -0.15) is 0 Å². The molecule has 138 valence electrons. The third kappa shape index (κ3) is 4.28. The Kier molecular flexibility index (Phi) is 5.07. The third-order valence-electron chi connectivity index (χ3n) is 4.90. The van der Waals surface area contributed by atoms with Gasteiger partial charge >= 0.3 is 0 Å². The summed E-state index contributed by atoms with van der Waals surface area (Å²) in [5.74, 6) is 0.658. The molecule has 1 aliphatic heterocycles. The maximum absolute atomic E-state index is 13.1. The number of nitrogens with zero attached hydrogens (tertiary/aromatic N) is 3. The molecule has 3 heterocycles. The molecular weight excluding hydrogens is 343 g/mol. The molecule has 5 nitrogen and oxygen atoms in total. The lowest BCUT2D eigenvalue weighted by molar-refractivity contribution is 0.196. The van der Waals surface area contributed by atoms with Gasteiger partial charge in [0.25, 0.3) is 5.56 Å². The van der Waals surface area contributed by atoms with Crippen molar-refractivity contribution >= 4 is 0 Å². The summed E-state index contributed by atoms with van der Waals surface area (Å²) in [6.07, 6.45) is 3.71. The number of nitrogens with one attached hydrogen (secondary N) is 1. The Morgan fingerprint density at radius 3 is 2.78 bits per heavy atom. The number of benzene rings is 1. The van der Waals surface area contributed by atoms with Crippen LogP contribution in [-0.2, 0) is 6.54 Å². The molecule has 1 fully saturated rings. The standard InChI is InChI=1S/C21H21FN4O/c22-17-8-6-15(7-9-17)13-26-11-3-4-16(14-26)21-24-19(12-20(27)25-21)18-5-1-2-10-23-18/h1-2,5-10,12,16H,3-4,11,13-14H2,(H,24,25,27)/t16-/m0/s1. The van der Waals surface area contributed by atoms with Crippen LogP contribution in [0, 0.1) is 5.82 Å². The number of aromatic nitrogens is 3. The summed E-state index contributed by atoms with van der Waals surface area (Å²) < 4.78 is 13.1. The van der Waals surface area contributed by atoms with E-state index in [0.29, 0.717) is 17.2 Å². The first-order valence-electron chi connectivity index (χ1n) is 9.17. The predicted molar refractivity (Wildman–Crippen MR) is 102 cm³/mol. The van der Waals surface area contributed by atoms with E-state index in [1.807, 2.05) is 30.3 Å². The predicted octanol–water partition coefficient (Wildman–Crippen LogP) is 3.35. The monoisotopic (exact) mass is 364 g/mol. The van der Waals surface area contributed by atoms with E-state index in [0.717, 1.165) is 38.0 Å². The van der Waals surface area contributed by atoms with Crippen LogP contribution in [0.15, 0.2) is 59.5 Å². The minimum atomic E-state index is -0.219. The van der Waals surface area contributed by atoms with Gasteiger partial charge in [-0.05, 0) is 49.2 Å². The number of likely N-dealkylation sites (tertiary alicyclic amines) is 1. The normalized spacial score (nSPS) is 17.7. The van der Waals surface area contributed by atoms with E-state index in [2.05, 4.69) is 19.9 Å². The SMILES string of the molecule is O=c1cc(-c2ccccn2)nc([C@H]2CCCN(Cc3ccc(F)cc3)C2)[nH]1. The average Bonchev–Trinajstić information content (AvgIpc) is 2.70. The van der Waals surface area contributed by atoms with Crippen molar-refractivity contribution in [3.8, 4) is 11.4 Å². The van der Waals surface area contributed by atoms with Gasteiger partial charge in [-0.1, -0.05) is 18.2 Å². The van der Waals surface area contributed by atoms with Gasteiger partial charge in [-0.15, -0.1) is 0 Å². The first-order chi connectivity index (χ1) is 13.2. The van der Waals surface area contributed by atoms with Gasteiger partial charge < -0.3 is 4.98 Å². The van der Waals surface area contributed by atoms with Gasteiger partial charge in [0, 0.05) is 31.3 Å². The molecule has 1 saturated heterocycles. The van der Waals surface area contributed by atoms with Crippen molar-refractivity contribution in [3.63, 3.8) is 0 Å². The van der Waals surface area contributed by atoms with Crippen LogP contribution in [0.5, 0.6) is 0 Å². The molecule has 27 heavy (non-hydrogen) atoms. The van der Waals surface area contributed by atoms with Gasteiger partial charge in [0.15, 0.2) is 0 Å². The Morgan fingerprint density at radius 1 is 1.15 bits per heavy atom. The number of hydrogen-bond acceptors (Lipinski definition) is 4. The number of halogens is 1. The summed E-state index contributed by atoms with van der Waals surface area (Å²) in [5.41, 5.74) is 2.23. The van der Waals surface area contributed by atoms with Crippen LogP contribution in [0.2, 0.25) is 0 Å². The van der Waals surface area contributed by atoms with Gasteiger partial charge in [0.05, 0.1) is 11.4 Å². The number of aromatic amines is 1. The van der Waals surface area contributed by atoms with Crippen LogP contribution >= 0.6 is 0 Å².